The normalized spacial score (nSPS) is 15.5. The van der Waals surface area contributed by atoms with E-state index in [2.05, 4.69) is 5.32 Å². The Morgan fingerprint density at radius 1 is 1.06 bits per heavy atom. The average molecular weight is 454 g/mol. The quantitative estimate of drug-likeness (QED) is 0.587. The van der Waals surface area contributed by atoms with Crippen LogP contribution in [0.2, 0.25) is 0 Å². The van der Waals surface area contributed by atoms with E-state index in [0.717, 1.165) is 12.1 Å². The molecule has 1 aliphatic rings. The van der Waals surface area contributed by atoms with Gasteiger partial charge in [-0.25, -0.2) is 13.2 Å². The number of halogens is 3. The smallest absolute Gasteiger partial charge is 0.264 e. The lowest BCUT2D eigenvalue weighted by molar-refractivity contribution is -0.139. The molecule has 0 saturated heterocycles. The Morgan fingerprint density at radius 3 is 2.58 bits per heavy atom. The molecule has 1 N–H and O–H groups in total. The second-order valence-electron chi connectivity index (χ2n) is 7.70. The van der Waals surface area contributed by atoms with Gasteiger partial charge in [0.05, 0.1) is 5.56 Å². The lowest BCUT2D eigenvalue weighted by atomic mass is 10.1. The molecule has 0 saturated carbocycles. The zero-order chi connectivity index (χ0) is 23.5. The van der Waals surface area contributed by atoms with Gasteiger partial charge < -0.3 is 15.0 Å². The van der Waals surface area contributed by atoms with E-state index in [-0.39, 0.29) is 24.6 Å². The molecule has 0 radical (unpaired) electrons. The number of ether oxygens (including phenoxy) is 1. The number of hydrogen-bond acceptors (Lipinski definition) is 3. The molecule has 170 valence electrons. The van der Waals surface area contributed by atoms with E-state index in [1.54, 1.807) is 36.4 Å². The summed E-state index contributed by atoms with van der Waals surface area (Å²) in [6.07, 6.45) is -0.305. The first-order valence-electron chi connectivity index (χ1n) is 10.4. The zero-order valence-electron chi connectivity index (χ0n) is 17.8. The van der Waals surface area contributed by atoms with Gasteiger partial charge in [0.2, 0.25) is 0 Å². The van der Waals surface area contributed by atoms with Gasteiger partial charge in [0.1, 0.15) is 23.2 Å². The highest BCUT2D eigenvalue weighted by Gasteiger charge is 2.30. The molecule has 2 amide bonds. The molecule has 0 aliphatic carbocycles. The van der Waals surface area contributed by atoms with Gasteiger partial charge in [-0.2, -0.15) is 0 Å². The van der Waals surface area contributed by atoms with Crippen LogP contribution < -0.4 is 10.1 Å². The van der Waals surface area contributed by atoms with Crippen molar-refractivity contribution in [2.24, 2.45) is 0 Å². The van der Waals surface area contributed by atoms with Gasteiger partial charge in [-0.1, -0.05) is 25.1 Å². The third-order valence-corrected chi connectivity index (χ3v) is 5.40. The second-order valence-corrected chi connectivity index (χ2v) is 7.70. The fourth-order valence-electron chi connectivity index (χ4n) is 3.68. The largest absolute Gasteiger partial charge is 0.480 e. The maximum absolute atomic E-state index is 14.2. The van der Waals surface area contributed by atoms with Crippen molar-refractivity contribution < 1.29 is 27.5 Å². The molecule has 0 aromatic heterocycles. The first-order valence-corrected chi connectivity index (χ1v) is 10.4. The minimum absolute atomic E-state index is 0.0577. The van der Waals surface area contributed by atoms with E-state index >= 15 is 0 Å². The predicted molar refractivity (Wildman–Crippen MR) is 116 cm³/mol. The summed E-state index contributed by atoms with van der Waals surface area (Å²) in [5.41, 5.74) is 1.03. The van der Waals surface area contributed by atoms with Crippen LogP contribution in [-0.4, -0.2) is 22.8 Å². The Bertz CT molecular complexity index is 1220. The van der Waals surface area contributed by atoms with Crippen LogP contribution in [0.5, 0.6) is 5.75 Å². The summed E-state index contributed by atoms with van der Waals surface area (Å²) >= 11 is 0. The summed E-state index contributed by atoms with van der Waals surface area (Å²) in [4.78, 5) is 27.0. The molecule has 4 rings (SSSR count). The number of benzene rings is 3. The first kappa shape index (κ1) is 22.4. The number of anilines is 1. The van der Waals surface area contributed by atoms with Crippen molar-refractivity contribution in [3.05, 3.63) is 94.8 Å². The fraction of sp³-hybridized carbons (Fsp3) is 0.200. The molecule has 1 heterocycles. The van der Waals surface area contributed by atoms with E-state index in [4.69, 9.17) is 4.74 Å². The average Bonchev–Trinajstić information content (AvgIpc) is 2.91. The SMILES string of the molecule is CC[C@H]1Oc2ccc(NC(=O)c3ccc(F)cc3F)cc2CN(Cc2ccccc2F)C1=O. The van der Waals surface area contributed by atoms with Crippen molar-refractivity contribution in [3.8, 4) is 5.75 Å². The van der Waals surface area contributed by atoms with Gasteiger partial charge in [-0.15, -0.1) is 0 Å². The summed E-state index contributed by atoms with van der Waals surface area (Å²) < 4.78 is 47.2. The van der Waals surface area contributed by atoms with Crippen LogP contribution in [0.15, 0.2) is 60.7 Å². The third kappa shape index (κ3) is 4.84. The molecule has 1 aliphatic heterocycles. The van der Waals surface area contributed by atoms with Gasteiger partial charge in [-0.05, 0) is 42.8 Å². The van der Waals surface area contributed by atoms with E-state index in [9.17, 15) is 22.8 Å². The second kappa shape index (κ2) is 9.36. The van der Waals surface area contributed by atoms with E-state index in [1.807, 2.05) is 6.92 Å². The maximum atomic E-state index is 14.2. The van der Waals surface area contributed by atoms with Crippen LogP contribution in [0, 0.1) is 17.5 Å². The monoisotopic (exact) mass is 454 g/mol. The molecule has 0 bridgehead atoms. The highest BCUT2D eigenvalue weighted by Crippen LogP contribution is 2.30. The predicted octanol–water partition coefficient (Wildman–Crippen LogP) is 5.06. The summed E-state index contributed by atoms with van der Waals surface area (Å²) in [6.45, 7) is 2.01. The molecular weight excluding hydrogens is 433 g/mol. The first-order chi connectivity index (χ1) is 15.9. The number of amides is 2. The number of fused-ring (bicyclic) bond motifs is 1. The van der Waals surface area contributed by atoms with Gasteiger partial charge in [-0.3, -0.25) is 9.59 Å². The Hall–Kier alpha value is -3.81. The van der Waals surface area contributed by atoms with Gasteiger partial charge >= 0.3 is 0 Å². The van der Waals surface area contributed by atoms with Crippen molar-refractivity contribution in [2.45, 2.75) is 32.5 Å². The van der Waals surface area contributed by atoms with Gasteiger partial charge in [0.25, 0.3) is 11.8 Å². The van der Waals surface area contributed by atoms with Crippen LogP contribution in [0.3, 0.4) is 0 Å². The Balaban J connectivity index is 1.61. The van der Waals surface area contributed by atoms with E-state index in [0.29, 0.717) is 35.1 Å². The standard InChI is InChI=1S/C25H21F3N2O3/c1-2-22-25(32)30(13-15-5-3-4-6-20(15)27)14-16-11-18(8-10-23(16)33-22)29-24(31)19-9-7-17(26)12-21(19)28/h3-12,22H,2,13-14H2,1H3,(H,29,31)/t22-/m1/s1. The summed E-state index contributed by atoms with van der Waals surface area (Å²) in [5, 5.41) is 2.58. The van der Waals surface area contributed by atoms with Crippen molar-refractivity contribution in [1.82, 2.24) is 4.90 Å². The molecule has 0 fully saturated rings. The topological polar surface area (TPSA) is 58.6 Å². The lowest BCUT2D eigenvalue weighted by Crippen LogP contribution is -2.39. The van der Waals surface area contributed by atoms with Crippen molar-refractivity contribution in [3.63, 3.8) is 0 Å². The van der Waals surface area contributed by atoms with Crippen LogP contribution in [0.1, 0.15) is 34.8 Å². The molecule has 3 aromatic carbocycles. The van der Waals surface area contributed by atoms with Crippen molar-refractivity contribution in [1.29, 1.82) is 0 Å². The van der Waals surface area contributed by atoms with Crippen LogP contribution >= 0.6 is 0 Å². The number of hydrogen-bond donors (Lipinski definition) is 1. The van der Waals surface area contributed by atoms with Gasteiger partial charge in [0.15, 0.2) is 6.10 Å². The maximum Gasteiger partial charge on any atom is 0.264 e. The lowest BCUT2D eigenvalue weighted by Gasteiger charge is -2.23. The molecule has 5 nitrogen and oxygen atoms in total. The third-order valence-electron chi connectivity index (χ3n) is 5.40. The molecular formula is C25H21F3N2O3. The Kier molecular flexibility index (Phi) is 6.35. The zero-order valence-corrected chi connectivity index (χ0v) is 17.8. The summed E-state index contributed by atoms with van der Waals surface area (Å²) in [5.74, 6) is -2.71. The minimum Gasteiger partial charge on any atom is -0.480 e. The molecule has 1 atom stereocenters. The van der Waals surface area contributed by atoms with Crippen LogP contribution in [0.4, 0.5) is 18.9 Å². The van der Waals surface area contributed by atoms with E-state index < -0.39 is 29.5 Å². The molecule has 3 aromatic rings. The highest BCUT2D eigenvalue weighted by molar-refractivity contribution is 6.04. The minimum atomic E-state index is -0.974. The summed E-state index contributed by atoms with van der Waals surface area (Å²) in [6, 6.07) is 13.7. The number of nitrogens with zero attached hydrogens (tertiary/aromatic N) is 1. The fourth-order valence-corrected chi connectivity index (χ4v) is 3.68. The molecule has 0 unspecified atom stereocenters. The molecule has 8 heteroatoms. The molecule has 0 spiro atoms. The summed E-state index contributed by atoms with van der Waals surface area (Å²) in [7, 11) is 0. The Morgan fingerprint density at radius 2 is 1.85 bits per heavy atom. The Labute approximate surface area is 188 Å². The highest BCUT2D eigenvalue weighted by atomic mass is 19.1. The molecule has 33 heavy (non-hydrogen) atoms. The van der Waals surface area contributed by atoms with E-state index in [1.165, 1.54) is 11.0 Å². The van der Waals surface area contributed by atoms with Crippen LogP contribution in [0.25, 0.3) is 0 Å². The number of carbonyl (C=O) groups excluding carboxylic acids is 2. The number of rotatable bonds is 5. The van der Waals surface area contributed by atoms with Gasteiger partial charge in [0, 0.05) is 36.0 Å². The van der Waals surface area contributed by atoms with Crippen molar-refractivity contribution >= 4 is 17.5 Å². The number of nitrogens with one attached hydrogen (secondary N) is 1. The number of carbonyl (C=O) groups is 2. The van der Waals surface area contributed by atoms with Crippen LogP contribution in [-0.2, 0) is 17.9 Å². The van der Waals surface area contributed by atoms with Crippen molar-refractivity contribution in [2.75, 3.05) is 5.32 Å².